The number of carbonyl (C=O) groups excluding carboxylic acids is 2. The number of nitrogens with zero attached hydrogens (tertiary/aromatic N) is 3. The fraction of sp³-hybridized carbons (Fsp3) is 0.294. The summed E-state index contributed by atoms with van der Waals surface area (Å²) >= 11 is 0. The van der Waals surface area contributed by atoms with Gasteiger partial charge >= 0.3 is 11.9 Å². The minimum Gasteiger partial charge on any atom is -0.458 e. The van der Waals surface area contributed by atoms with Gasteiger partial charge < -0.3 is 29.4 Å². The number of benzene rings is 2. The van der Waals surface area contributed by atoms with Gasteiger partial charge in [0.15, 0.2) is 5.60 Å². The molecule has 3 aromatic heterocycles. The number of aliphatic hydroxyl groups is 1. The highest BCUT2D eigenvalue weighted by molar-refractivity contribution is 5.91. The molecule has 0 fully saturated rings. The zero-order chi connectivity index (χ0) is 30.9. The lowest BCUT2D eigenvalue weighted by Crippen LogP contribution is -2.44. The Hall–Kier alpha value is -4.80. The summed E-state index contributed by atoms with van der Waals surface area (Å²) in [6.07, 6.45) is 3.04. The van der Waals surface area contributed by atoms with Gasteiger partial charge in [0.2, 0.25) is 0 Å². The molecule has 44 heavy (non-hydrogen) atoms. The quantitative estimate of drug-likeness (QED) is 0.221. The van der Waals surface area contributed by atoms with Crippen LogP contribution in [0.5, 0.6) is 5.75 Å². The van der Waals surface area contributed by atoms with Gasteiger partial charge in [-0.05, 0) is 54.3 Å². The maximum absolute atomic E-state index is 13.6. The first-order valence-electron chi connectivity index (χ1n) is 14.8. The van der Waals surface area contributed by atoms with E-state index in [4.69, 9.17) is 20.2 Å². The van der Waals surface area contributed by atoms with Crippen molar-refractivity contribution in [1.29, 1.82) is 0 Å². The van der Waals surface area contributed by atoms with Gasteiger partial charge in [0.1, 0.15) is 18.4 Å². The molecule has 0 saturated heterocycles. The molecule has 0 bridgehead atoms. The summed E-state index contributed by atoms with van der Waals surface area (Å²) in [7, 11) is 1.96. The van der Waals surface area contributed by atoms with Gasteiger partial charge in [-0.2, -0.15) is 0 Å². The molecule has 0 saturated carbocycles. The lowest BCUT2D eigenvalue weighted by molar-refractivity contribution is -0.172. The lowest BCUT2D eigenvalue weighted by Gasteiger charge is -2.31. The number of hydrogen-bond acceptors (Lipinski definition) is 8. The minimum absolute atomic E-state index is 0.0764. The zero-order valence-electron chi connectivity index (χ0n) is 24.7. The number of cyclic esters (lactones) is 1. The maximum Gasteiger partial charge on any atom is 0.343 e. The third kappa shape index (κ3) is 4.09. The van der Waals surface area contributed by atoms with Crippen LogP contribution in [-0.2, 0) is 53.0 Å². The van der Waals surface area contributed by atoms with Crippen LogP contribution in [0, 0.1) is 0 Å². The van der Waals surface area contributed by atoms with E-state index in [-0.39, 0.29) is 29.7 Å². The maximum atomic E-state index is 13.6. The van der Waals surface area contributed by atoms with Crippen LogP contribution in [-0.4, -0.2) is 37.2 Å². The van der Waals surface area contributed by atoms with Gasteiger partial charge in [-0.15, -0.1) is 0 Å². The van der Waals surface area contributed by atoms with Crippen molar-refractivity contribution in [3.8, 4) is 17.1 Å². The third-order valence-electron chi connectivity index (χ3n) is 9.07. The average molecular weight is 593 g/mol. The van der Waals surface area contributed by atoms with Gasteiger partial charge in [-0.25, -0.2) is 14.6 Å². The second-order valence-electron chi connectivity index (χ2n) is 11.6. The van der Waals surface area contributed by atoms with Crippen LogP contribution in [0.3, 0.4) is 0 Å². The molecule has 2 aromatic carbocycles. The van der Waals surface area contributed by atoms with E-state index in [1.54, 1.807) is 35.8 Å². The summed E-state index contributed by atoms with van der Waals surface area (Å²) < 4.78 is 14.6. The second kappa shape index (κ2) is 10.1. The molecule has 2 aliphatic heterocycles. The van der Waals surface area contributed by atoms with Crippen LogP contribution in [0.15, 0.2) is 59.5 Å². The molecule has 0 unspecified atom stereocenters. The van der Waals surface area contributed by atoms with Crippen molar-refractivity contribution in [3.63, 3.8) is 0 Å². The van der Waals surface area contributed by atoms with Gasteiger partial charge in [-0.1, -0.05) is 32.0 Å². The SMILES string of the molecule is CCc1c2c(nc3ccc(OC(=O)[C@@H](N)Cc4cn(C)c5ccccc45)cc13)-c1cc3c(c(=O)n1C2)COC(=O)[C@]3(O)CC. The predicted octanol–water partition coefficient (Wildman–Crippen LogP) is 3.61. The molecule has 7 rings (SSSR count). The number of aromatic nitrogens is 3. The molecule has 2 atom stereocenters. The topological polar surface area (TPSA) is 139 Å². The van der Waals surface area contributed by atoms with Crippen LogP contribution in [0.1, 0.15) is 48.1 Å². The van der Waals surface area contributed by atoms with Crippen LogP contribution >= 0.6 is 0 Å². The van der Waals surface area contributed by atoms with Crippen LogP contribution in [0.4, 0.5) is 0 Å². The van der Waals surface area contributed by atoms with Crippen molar-refractivity contribution < 1.29 is 24.2 Å². The van der Waals surface area contributed by atoms with Crippen molar-refractivity contribution in [3.05, 3.63) is 92.9 Å². The Morgan fingerprint density at radius 1 is 1.14 bits per heavy atom. The minimum atomic E-state index is -1.89. The number of esters is 2. The molecule has 2 aliphatic rings. The molecule has 0 amide bonds. The van der Waals surface area contributed by atoms with E-state index in [0.717, 1.165) is 33.0 Å². The fourth-order valence-electron chi connectivity index (χ4n) is 6.71. The third-order valence-corrected chi connectivity index (χ3v) is 9.07. The Bertz CT molecular complexity index is 2090. The normalized spacial score (nSPS) is 17.7. The molecule has 224 valence electrons. The van der Waals surface area contributed by atoms with E-state index < -0.39 is 23.6 Å². The molecular weight excluding hydrogens is 560 g/mol. The standard InChI is InChI=1S/C34H32N4O6/c1-4-20-22-13-19(44-32(40)26(35)12-18-15-37(3)28-9-7-6-8-21(18)28)10-11-27(22)36-30-23(20)16-38-29(30)14-25-24(31(38)39)17-43-33(41)34(25,42)5-2/h6-11,13-15,26,42H,4-5,12,16-17,35H2,1-3H3/t26-,34-/m0/s1. The van der Waals surface area contributed by atoms with E-state index in [1.165, 1.54) is 0 Å². The summed E-state index contributed by atoms with van der Waals surface area (Å²) in [5.74, 6) is -0.928. The van der Waals surface area contributed by atoms with Crippen LogP contribution in [0.2, 0.25) is 0 Å². The molecule has 5 heterocycles. The first-order chi connectivity index (χ1) is 21.1. The Morgan fingerprint density at radius 2 is 1.93 bits per heavy atom. The Labute approximate surface area is 252 Å². The highest BCUT2D eigenvalue weighted by Gasteiger charge is 2.45. The number of carbonyl (C=O) groups is 2. The van der Waals surface area contributed by atoms with Crippen molar-refractivity contribution in [2.24, 2.45) is 12.8 Å². The number of rotatable bonds is 6. The van der Waals surface area contributed by atoms with E-state index in [0.29, 0.717) is 42.0 Å². The molecule has 0 aliphatic carbocycles. The van der Waals surface area contributed by atoms with Gasteiger partial charge in [0.05, 0.1) is 29.0 Å². The molecule has 5 aromatic rings. The number of nitrogens with two attached hydrogens (primary N) is 1. The molecule has 10 nitrogen and oxygen atoms in total. The number of para-hydroxylation sites is 1. The number of pyridine rings is 2. The smallest absolute Gasteiger partial charge is 0.343 e. The molecule has 3 N–H and O–H groups in total. The van der Waals surface area contributed by atoms with Crippen molar-refractivity contribution >= 4 is 33.7 Å². The number of hydrogen-bond donors (Lipinski definition) is 2. The van der Waals surface area contributed by atoms with Gasteiger partial charge in [0, 0.05) is 47.1 Å². The largest absolute Gasteiger partial charge is 0.458 e. The summed E-state index contributed by atoms with van der Waals surface area (Å²) in [4.78, 5) is 44.1. The van der Waals surface area contributed by atoms with Gasteiger partial charge in [-0.3, -0.25) is 4.79 Å². The van der Waals surface area contributed by atoms with E-state index in [2.05, 4.69) is 0 Å². The highest BCUT2D eigenvalue weighted by atomic mass is 16.6. The summed E-state index contributed by atoms with van der Waals surface area (Å²) in [6, 6.07) is 14.1. The summed E-state index contributed by atoms with van der Waals surface area (Å²) in [6.45, 7) is 3.81. The van der Waals surface area contributed by atoms with E-state index in [9.17, 15) is 19.5 Å². The first-order valence-corrected chi connectivity index (χ1v) is 14.8. The summed E-state index contributed by atoms with van der Waals surface area (Å²) in [5, 5.41) is 13.0. The highest BCUT2D eigenvalue weighted by Crippen LogP contribution is 2.40. The second-order valence-corrected chi connectivity index (χ2v) is 11.6. The average Bonchev–Trinajstić information content (AvgIpc) is 3.55. The number of aryl methyl sites for hydroxylation is 2. The van der Waals surface area contributed by atoms with Crippen molar-refractivity contribution in [2.75, 3.05) is 0 Å². The van der Waals surface area contributed by atoms with Crippen LogP contribution in [0.25, 0.3) is 33.2 Å². The molecule has 10 heteroatoms. The van der Waals surface area contributed by atoms with E-state index >= 15 is 0 Å². The summed E-state index contributed by atoms with van der Waals surface area (Å²) in [5.41, 5.74) is 10.4. The molecular formula is C34H32N4O6. The Morgan fingerprint density at radius 3 is 2.70 bits per heavy atom. The first kappa shape index (κ1) is 28.0. The monoisotopic (exact) mass is 592 g/mol. The van der Waals surface area contributed by atoms with E-state index in [1.807, 2.05) is 49.0 Å². The molecule has 0 radical (unpaired) electrons. The Kier molecular flexibility index (Phi) is 6.45. The Balaban J connectivity index is 1.22. The van der Waals surface area contributed by atoms with Crippen LogP contribution < -0.4 is 16.0 Å². The van der Waals surface area contributed by atoms with Crippen molar-refractivity contribution in [1.82, 2.24) is 14.1 Å². The van der Waals surface area contributed by atoms with Crippen molar-refractivity contribution in [2.45, 2.75) is 57.9 Å². The van der Waals surface area contributed by atoms with Gasteiger partial charge in [0.25, 0.3) is 5.56 Å². The predicted molar refractivity (Wildman–Crippen MR) is 164 cm³/mol. The lowest BCUT2D eigenvalue weighted by atomic mass is 9.86. The molecule has 0 spiro atoms. The fourth-order valence-corrected chi connectivity index (χ4v) is 6.71. The number of fused-ring (bicyclic) bond motifs is 6. The zero-order valence-corrected chi connectivity index (χ0v) is 24.7. The number of ether oxygens (including phenoxy) is 2.